The third-order valence-electron chi connectivity index (χ3n) is 8.79. The predicted molar refractivity (Wildman–Crippen MR) is 275 cm³/mol. The summed E-state index contributed by atoms with van der Waals surface area (Å²) in [5, 5.41) is 0. The van der Waals surface area contributed by atoms with Gasteiger partial charge in [0.2, 0.25) is 0 Å². The van der Waals surface area contributed by atoms with Crippen molar-refractivity contribution < 1.29 is 0 Å². The van der Waals surface area contributed by atoms with E-state index in [0.717, 1.165) is 47.3 Å². The average Bonchev–Trinajstić information content (AvgIpc) is 3.08. The molecular weight excluding hydrogens is 673 g/mol. The summed E-state index contributed by atoms with van der Waals surface area (Å²) in [6.45, 7) is 53.0. The summed E-state index contributed by atoms with van der Waals surface area (Å²) in [5.41, 5.74) is 0. The van der Waals surface area contributed by atoms with Gasteiger partial charge in [-0.05, 0) is 73.0 Å². The molecule has 0 heterocycles. The van der Waals surface area contributed by atoms with Gasteiger partial charge in [-0.25, -0.2) is 0 Å². The highest BCUT2D eigenvalue weighted by Crippen LogP contribution is 2.29. The van der Waals surface area contributed by atoms with E-state index in [-0.39, 0.29) is 0 Å². The smallest absolute Gasteiger partial charge is 0.0440 e. The summed E-state index contributed by atoms with van der Waals surface area (Å²) in [6, 6.07) is 0. The fraction of sp³-hybridized carbons (Fsp3) is 1.00. The lowest BCUT2D eigenvalue weighted by atomic mass is 9.84. The summed E-state index contributed by atoms with van der Waals surface area (Å²) in [7, 11) is 0. The molecule has 4 saturated carbocycles. The summed E-state index contributed by atoms with van der Waals surface area (Å²) >= 11 is 0. The van der Waals surface area contributed by atoms with Gasteiger partial charge >= 0.3 is 0 Å². The van der Waals surface area contributed by atoms with Crippen molar-refractivity contribution in [3.05, 3.63) is 0 Å². The minimum Gasteiger partial charge on any atom is -0.0656 e. The fourth-order valence-corrected chi connectivity index (χ4v) is 6.95. The minimum atomic E-state index is 1.01. The lowest BCUT2D eigenvalue weighted by Crippen LogP contribution is -2.09. The molecule has 0 amide bonds. The Morgan fingerprint density at radius 2 is 0.268 bits per heavy atom. The summed E-state index contributed by atoms with van der Waals surface area (Å²) in [6.07, 6.45) is 33.6. The van der Waals surface area contributed by atoms with Crippen LogP contribution in [0, 0.1) is 47.3 Å². The van der Waals surface area contributed by atoms with Crippen molar-refractivity contribution in [2.45, 2.75) is 320 Å². The molecule has 0 radical (unpaired) electrons. The molecule has 4 aliphatic rings. The van der Waals surface area contributed by atoms with Gasteiger partial charge in [0.25, 0.3) is 0 Å². The van der Waals surface area contributed by atoms with Crippen LogP contribution in [0.1, 0.15) is 320 Å². The first-order valence-corrected chi connectivity index (χ1v) is 26.5. The number of hydrogen-bond acceptors (Lipinski definition) is 0. The Kier molecular flexibility index (Phi) is 91.4. The van der Waals surface area contributed by atoms with Gasteiger partial charge in [-0.3, -0.25) is 0 Å². The lowest BCUT2D eigenvalue weighted by Gasteiger charge is -2.22. The normalized spacial score (nSPS) is 25.3. The second-order valence-corrected chi connectivity index (χ2v) is 19.2. The first kappa shape index (κ1) is 73.5. The highest BCUT2D eigenvalue weighted by molar-refractivity contribution is 4.68. The van der Waals surface area contributed by atoms with Gasteiger partial charge in [-0.2, -0.15) is 0 Å². The zero-order valence-corrected chi connectivity index (χ0v) is 45.6. The van der Waals surface area contributed by atoms with E-state index in [1.165, 1.54) is 154 Å². The molecule has 352 valence electrons. The van der Waals surface area contributed by atoms with E-state index in [2.05, 4.69) is 166 Å². The SMILES string of the molecule is CC1CCCC(C)C1.CC1CCCC(C)C1.CC1CCCC(C)C1.CC1CCCC(C)C1.CCC.CCC.CCC.CCC.CCC.CCC.CCC.CCC. The van der Waals surface area contributed by atoms with Crippen molar-refractivity contribution in [1.29, 1.82) is 0 Å². The molecule has 8 atom stereocenters. The molecule has 0 spiro atoms. The third-order valence-corrected chi connectivity index (χ3v) is 8.79. The average molecular weight is 802 g/mol. The molecule has 0 aromatic carbocycles. The van der Waals surface area contributed by atoms with E-state index in [4.69, 9.17) is 0 Å². The molecule has 0 aromatic rings. The summed E-state index contributed by atoms with van der Waals surface area (Å²) < 4.78 is 0. The Morgan fingerprint density at radius 1 is 0.196 bits per heavy atom. The van der Waals surface area contributed by atoms with Crippen LogP contribution in [0.25, 0.3) is 0 Å². The molecule has 0 N–H and O–H groups in total. The van der Waals surface area contributed by atoms with Crippen LogP contribution >= 0.6 is 0 Å². The van der Waals surface area contributed by atoms with Gasteiger partial charge in [0.05, 0.1) is 0 Å². The highest BCUT2D eigenvalue weighted by atomic mass is 14.2. The summed E-state index contributed by atoms with van der Waals surface area (Å²) in [5.74, 6) is 8.10. The van der Waals surface area contributed by atoms with Gasteiger partial charge in [0.1, 0.15) is 0 Å². The van der Waals surface area contributed by atoms with Crippen LogP contribution in [0.4, 0.5) is 0 Å². The van der Waals surface area contributed by atoms with Gasteiger partial charge in [-0.15, -0.1) is 0 Å². The number of hydrogen-bond donors (Lipinski definition) is 0. The van der Waals surface area contributed by atoms with Crippen LogP contribution in [-0.4, -0.2) is 0 Å². The van der Waals surface area contributed by atoms with Crippen LogP contribution in [0.3, 0.4) is 0 Å². The van der Waals surface area contributed by atoms with Crippen LogP contribution < -0.4 is 0 Å². The van der Waals surface area contributed by atoms with Crippen molar-refractivity contribution in [3.8, 4) is 0 Å². The maximum atomic E-state index is 2.37. The van der Waals surface area contributed by atoms with Gasteiger partial charge < -0.3 is 0 Å². The van der Waals surface area contributed by atoms with Crippen molar-refractivity contribution in [1.82, 2.24) is 0 Å². The topological polar surface area (TPSA) is 0 Å². The Hall–Kier alpha value is 0. The van der Waals surface area contributed by atoms with E-state index in [1.807, 2.05) is 0 Å². The zero-order chi connectivity index (χ0) is 45.6. The molecule has 0 heteroatoms. The van der Waals surface area contributed by atoms with Crippen LogP contribution in [0.5, 0.6) is 0 Å². The van der Waals surface area contributed by atoms with E-state index < -0.39 is 0 Å². The fourth-order valence-electron chi connectivity index (χ4n) is 6.95. The first-order valence-electron chi connectivity index (χ1n) is 26.5. The lowest BCUT2D eigenvalue weighted by molar-refractivity contribution is 0.301. The van der Waals surface area contributed by atoms with Crippen molar-refractivity contribution in [3.63, 3.8) is 0 Å². The van der Waals surface area contributed by atoms with Crippen LogP contribution in [0.15, 0.2) is 0 Å². The highest BCUT2D eigenvalue weighted by Gasteiger charge is 2.15. The second kappa shape index (κ2) is 69.6. The molecule has 0 aromatic heterocycles. The molecular formula is C56H128. The molecule has 56 heavy (non-hydrogen) atoms. The van der Waals surface area contributed by atoms with Gasteiger partial charge in [-0.1, -0.05) is 295 Å². The Morgan fingerprint density at radius 3 is 0.304 bits per heavy atom. The zero-order valence-electron chi connectivity index (χ0n) is 45.6. The molecule has 0 bridgehead atoms. The third kappa shape index (κ3) is 94.8. The van der Waals surface area contributed by atoms with E-state index in [0.29, 0.717) is 0 Å². The largest absolute Gasteiger partial charge is 0.0656 e. The first-order chi connectivity index (χ1) is 26.5. The second-order valence-electron chi connectivity index (χ2n) is 19.2. The maximum absolute atomic E-state index is 2.37. The molecule has 0 nitrogen and oxygen atoms in total. The maximum Gasteiger partial charge on any atom is -0.0440 e. The summed E-state index contributed by atoms with van der Waals surface area (Å²) in [4.78, 5) is 0. The Bertz CT molecular complexity index is 400. The molecule has 8 unspecified atom stereocenters. The minimum absolute atomic E-state index is 1.01. The molecule has 4 fully saturated rings. The van der Waals surface area contributed by atoms with Crippen LogP contribution in [-0.2, 0) is 0 Å². The van der Waals surface area contributed by atoms with Crippen molar-refractivity contribution >= 4 is 0 Å². The predicted octanol–water partition coefficient (Wildman–Crippen LogP) is 22.7. The molecule has 0 aliphatic heterocycles. The van der Waals surface area contributed by atoms with E-state index in [9.17, 15) is 0 Å². The molecule has 4 aliphatic carbocycles. The van der Waals surface area contributed by atoms with Crippen molar-refractivity contribution in [2.24, 2.45) is 47.3 Å². The van der Waals surface area contributed by atoms with E-state index in [1.54, 1.807) is 0 Å². The quantitative estimate of drug-likeness (QED) is 0.229. The molecule has 4 rings (SSSR count). The number of rotatable bonds is 0. The van der Waals surface area contributed by atoms with Crippen molar-refractivity contribution in [2.75, 3.05) is 0 Å². The van der Waals surface area contributed by atoms with Gasteiger partial charge in [0, 0.05) is 0 Å². The Labute approximate surface area is 366 Å². The van der Waals surface area contributed by atoms with Crippen LogP contribution in [0.2, 0.25) is 0 Å². The monoisotopic (exact) mass is 801 g/mol. The Balaban J connectivity index is -0.0000000775. The van der Waals surface area contributed by atoms with Gasteiger partial charge in [0.15, 0.2) is 0 Å². The molecule has 0 saturated heterocycles. The standard InChI is InChI=1S/4C8H16.8C3H8/c4*1-7-4-3-5-8(2)6-7;8*1-3-2/h4*7-8H,3-6H2,1-2H3;8*3H2,1-2H3. The van der Waals surface area contributed by atoms with E-state index >= 15 is 0 Å².